The molecule has 0 bridgehead atoms. The highest BCUT2D eigenvalue weighted by Gasteiger charge is 2.33. The second kappa shape index (κ2) is 8.68. The third-order valence-corrected chi connectivity index (χ3v) is 4.34. The number of nitrogens with zero attached hydrogens (tertiary/aromatic N) is 4. The molecule has 0 radical (unpaired) electrons. The third-order valence-electron chi connectivity index (χ3n) is 4.34. The number of hydrogen-bond acceptors (Lipinski definition) is 5. The monoisotopic (exact) mass is 332 g/mol. The number of esters is 1. The third kappa shape index (κ3) is 4.96. The van der Waals surface area contributed by atoms with E-state index in [9.17, 15) is 4.79 Å². The van der Waals surface area contributed by atoms with Crippen molar-refractivity contribution in [3.05, 3.63) is 46.3 Å². The summed E-state index contributed by atoms with van der Waals surface area (Å²) in [5, 5.41) is 3.68. The molecule has 1 aliphatic heterocycles. The Kier molecular flexibility index (Phi) is 6.61. The van der Waals surface area contributed by atoms with E-state index in [1.54, 1.807) is 0 Å². The van der Waals surface area contributed by atoms with E-state index in [1.165, 1.54) is 12.5 Å². The normalized spacial score (nSPS) is 24.9. The molecule has 0 aromatic heterocycles. The van der Waals surface area contributed by atoms with Crippen molar-refractivity contribution < 1.29 is 14.3 Å². The van der Waals surface area contributed by atoms with Gasteiger partial charge in [0.2, 0.25) is 6.29 Å². The highest BCUT2D eigenvalue weighted by molar-refractivity contribution is 5.66. The highest BCUT2D eigenvalue weighted by Crippen LogP contribution is 2.26. The topological polar surface area (TPSA) is 87.5 Å². The number of rotatable bonds is 6. The Hall–Kier alpha value is -2.08. The minimum atomic E-state index is -0.808. The molecule has 1 heterocycles. The van der Waals surface area contributed by atoms with Gasteiger partial charge in [-0.2, -0.15) is 0 Å². The molecule has 1 fully saturated rings. The summed E-state index contributed by atoms with van der Waals surface area (Å²) >= 11 is 0. The molecule has 0 N–H and O–H groups in total. The van der Waals surface area contributed by atoms with E-state index in [4.69, 9.17) is 15.0 Å². The van der Waals surface area contributed by atoms with Crippen LogP contribution in [0.15, 0.2) is 35.4 Å². The molecule has 1 saturated heterocycles. The first kappa shape index (κ1) is 18.3. The van der Waals surface area contributed by atoms with E-state index in [2.05, 4.69) is 34.0 Å². The van der Waals surface area contributed by atoms with Gasteiger partial charge in [0.05, 0.1) is 6.10 Å². The zero-order valence-electron chi connectivity index (χ0n) is 14.3. The molecule has 2 rings (SSSR count). The van der Waals surface area contributed by atoms with Crippen molar-refractivity contribution in [2.45, 2.75) is 51.2 Å². The molecule has 0 saturated carbocycles. The second-order valence-electron chi connectivity index (χ2n) is 6.11. The van der Waals surface area contributed by atoms with Crippen molar-refractivity contribution in [2.24, 2.45) is 5.11 Å². The number of carbonyl (C=O) groups excluding carboxylic acids is 1. The molecule has 24 heavy (non-hydrogen) atoms. The minimum absolute atomic E-state index is 0.0735. The van der Waals surface area contributed by atoms with E-state index in [-0.39, 0.29) is 12.1 Å². The summed E-state index contributed by atoms with van der Waals surface area (Å²) in [6, 6.07) is 10.0. The number of carbonyl (C=O) groups is 1. The van der Waals surface area contributed by atoms with E-state index in [0.717, 1.165) is 6.42 Å². The summed E-state index contributed by atoms with van der Waals surface area (Å²) < 4.78 is 11.0. The van der Waals surface area contributed by atoms with Gasteiger partial charge in [0.1, 0.15) is 6.04 Å². The maximum Gasteiger partial charge on any atom is 0.304 e. The summed E-state index contributed by atoms with van der Waals surface area (Å²) in [4.78, 5) is 16.3. The van der Waals surface area contributed by atoms with Crippen LogP contribution < -0.4 is 0 Å². The Morgan fingerprint density at radius 2 is 2.17 bits per heavy atom. The summed E-state index contributed by atoms with van der Waals surface area (Å²) in [7, 11) is 2.04. The fourth-order valence-corrected chi connectivity index (χ4v) is 2.89. The maximum absolute atomic E-state index is 11.2. The lowest BCUT2D eigenvalue weighted by molar-refractivity contribution is -0.208. The average Bonchev–Trinajstić information content (AvgIpc) is 2.57. The Bertz CT molecular complexity index is 589. The van der Waals surface area contributed by atoms with Gasteiger partial charge in [0.25, 0.3) is 0 Å². The van der Waals surface area contributed by atoms with Crippen molar-refractivity contribution in [1.29, 1.82) is 0 Å². The van der Waals surface area contributed by atoms with Gasteiger partial charge in [-0.15, -0.1) is 0 Å². The summed E-state index contributed by atoms with van der Waals surface area (Å²) in [5.74, 6) is -0.440. The molecule has 0 unspecified atom stereocenters. The molecule has 7 heteroatoms. The molecular formula is C17H24N4O3. The summed E-state index contributed by atoms with van der Waals surface area (Å²) in [6.45, 7) is 4.17. The number of likely N-dealkylation sites (N-methyl/N-ethyl adjacent to an activating group) is 1. The molecule has 1 aliphatic rings. The van der Waals surface area contributed by atoms with Crippen molar-refractivity contribution in [3.8, 4) is 0 Å². The molecule has 7 nitrogen and oxygen atoms in total. The van der Waals surface area contributed by atoms with Crippen LogP contribution in [0, 0.1) is 0 Å². The Morgan fingerprint density at radius 1 is 1.46 bits per heavy atom. The molecule has 1 aromatic carbocycles. The van der Waals surface area contributed by atoms with Crippen molar-refractivity contribution in [2.75, 3.05) is 13.6 Å². The lowest BCUT2D eigenvalue weighted by Gasteiger charge is -2.36. The molecule has 0 spiro atoms. The van der Waals surface area contributed by atoms with Gasteiger partial charge in [-0.1, -0.05) is 35.4 Å². The zero-order chi connectivity index (χ0) is 17.5. The Balaban J connectivity index is 1.97. The van der Waals surface area contributed by atoms with E-state index in [0.29, 0.717) is 13.0 Å². The molecule has 130 valence electrons. The molecule has 0 aliphatic carbocycles. The van der Waals surface area contributed by atoms with Gasteiger partial charge in [0, 0.05) is 24.4 Å². The van der Waals surface area contributed by atoms with Crippen molar-refractivity contribution >= 4 is 5.97 Å². The van der Waals surface area contributed by atoms with E-state index < -0.39 is 18.3 Å². The quantitative estimate of drug-likeness (QED) is 0.345. The molecular weight excluding hydrogens is 308 g/mol. The predicted molar refractivity (Wildman–Crippen MR) is 90.1 cm³/mol. The number of hydrogen-bond donors (Lipinski definition) is 0. The largest absolute Gasteiger partial charge is 0.435 e. The minimum Gasteiger partial charge on any atom is -0.435 e. The van der Waals surface area contributed by atoms with Gasteiger partial charge in [-0.25, -0.2) is 0 Å². The lowest BCUT2D eigenvalue weighted by Crippen LogP contribution is -2.44. The number of ether oxygens (including phenoxy) is 2. The first-order valence-electron chi connectivity index (χ1n) is 8.13. The van der Waals surface area contributed by atoms with Crippen molar-refractivity contribution in [1.82, 2.24) is 4.90 Å². The van der Waals surface area contributed by atoms with Gasteiger partial charge >= 0.3 is 5.97 Å². The van der Waals surface area contributed by atoms with Gasteiger partial charge in [0.15, 0.2) is 0 Å². The molecule has 1 aromatic rings. The van der Waals surface area contributed by atoms with Gasteiger partial charge in [-0.05, 0) is 37.9 Å². The lowest BCUT2D eigenvalue weighted by atomic mass is 10.0. The SMILES string of the molecule is CC(=O)O[C@@H]1O[C@@H](CN(C)[C@@H](C)c2ccccc2)CC[C@H]1N=[N+]=[N-]. The molecule has 4 atom stereocenters. The van der Waals surface area contributed by atoms with Gasteiger partial charge < -0.3 is 9.47 Å². The van der Waals surface area contributed by atoms with Crippen LogP contribution in [0.4, 0.5) is 0 Å². The van der Waals surface area contributed by atoms with Crippen LogP contribution in [0.1, 0.15) is 38.3 Å². The van der Waals surface area contributed by atoms with Crippen LogP contribution in [-0.4, -0.2) is 42.9 Å². The first-order chi connectivity index (χ1) is 11.5. The number of azide groups is 1. The van der Waals surface area contributed by atoms with Crippen LogP contribution in [0.3, 0.4) is 0 Å². The zero-order valence-corrected chi connectivity index (χ0v) is 14.3. The smallest absolute Gasteiger partial charge is 0.304 e. The highest BCUT2D eigenvalue weighted by atomic mass is 16.7. The fraction of sp³-hybridized carbons (Fsp3) is 0.588. The molecule has 0 amide bonds. The van der Waals surface area contributed by atoms with Crippen LogP contribution in [-0.2, 0) is 14.3 Å². The average molecular weight is 332 g/mol. The fourth-order valence-electron chi connectivity index (χ4n) is 2.89. The van der Waals surface area contributed by atoms with Crippen LogP contribution in [0.25, 0.3) is 10.4 Å². The number of benzene rings is 1. The van der Waals surface area contributed by atoms with Crippen LogP contribution in [0.2, 0.25) is 0 Å². The maximum atomic E-state index is 11.2. The summed E-state index contributed by atoms with van der Waals surface area (Å²) in [6.07, 6.45) is 0.515. The summed E-state index contributed by atoms with van der Waals surface area (Å²) in [5.41, 5.74) is 9.87. The van der Waals surface area contributed by atoms with Crippen LogP contribution in [0.5, 0.6) is 0 Å². The van der Waals surface area contributed by atoms with Gasteiger partial charge in [-0.3, -0.25) is 9.69 Å². The Labute approximate surface area is 142 Å². The van der Waals surface area contributed by atoms with E-state index in [1.807, 2.05) is 25.2 Å². The second-order valence-corrected chi connectivity index (χ2v) is 6.11. The van der Waals surface area contributed by atoms with Crippen LogP contribution >= 0.6 is 0 Å². The predicted octanol–water partition coefficient (Wildman–Crippen LogP) is 3.43. The Morgan fingerprint density at radius 3 is 2.79 bits per heavy atom. The standard InChI is InChI=1S/C17H24N4O3/c1-12(14-7-5-4-6-8-14)21(3)11-15-9-10-16(19-20-18)17(24-15)23-13(2)22/h4-8,12,15-17H,9-11H2,1-3H3/t12-,15+,16+,17+/m0/s1. The first-order valence-corrected chi connectivity index (χ1v) is 8.13. The van der Waals surface area contributed by atoms with Crippen molar-refractivity contribution in [3.63, 3.8) is 0 Å². The van der Waals surface area contributed by atoms with E-state index >= 15 is 0 Å².